The fourth-order valence-corrected chi connectivity index (χ4v) is 4.13. The number of rotatable bonds is 6. The molecule has 2 heterocycles. The van der Waals surface area contributed by atoms with E-state index in [4.69, 9.17) is 5.73 Å². The van der Waals surface area contributed by atoms with Crippen LogP contribution >= 0.6 is 0 Å². The third-order valence-corrected chi connectivity index (χ3v) is 5.76. The Hall–Kier alpha value is -3.22. The van der Waals surface area contributed by atoms with Crippen molar-refractivity contribution >= 4 is 23.7 Å². The maximum absolute atomic E-state index is 13.0. The second-order valence-corrected chi connectivity index (χ2v) is 7.64. The van der Waals surface area contributed by atoms with Gasteiger partial charge in [-0.15, -0.1) is 0 Å². The molecule has 1 aromatic carbocycles. The Morgan fingerprint density at radius 1 is 1.17 bits per heavy atom. The number of pyridine rings is 1. The van der Waals surface area contributed by atoms with Crippen molar-refractivity contribution in [3.8, 4) is 0 Å². The summed E-state index contributed by atoms with van der Waals surface area (Å²) in [6.45, 7) is 2.10. The number of likely N-dealkylation sites (tertiary alicyclic amines) is 1. The van der Waals surface area contributed by atoms with Crippen LogP contribution in [0.15, 0.2) is 48.7 Å². The van der Waals surface area contributed by atoms with Crippen LogP contribution in [0.2, 0.25) is 0 Å². The number of nitrogens with two attached hydrogens (primary N) is 1. The third kappa shape index (κ3) is 4.45. The van der Waals surface area contributed by atoms with Crippen molar-refractivity contribution < 1.29 is 14.0 Å². The lowest BCUT2D eigenvalue weighted by molar-refractivity contribution is -0.116. The van der Waals surface area contributed by atoms with E-state index in [9.17, 15) is 14.0 Å². The Morgan fingerprint density at radius 3 is 2.55 bits per heavy atom. The second kappa shape index (κ2) is 8.03. The predicted molar refractivity (Wildman–Crippen MR) is 108 cm³/mol. The first kappa shape index (κ1) is 19.1. The maximum Gasteiger partial charge on any atom is 0.253 e. The normalized spacial score (nSPS) is 22.5. The van der Waals surface area contributed by atoms with E-state index in [1.807, 2.05) is 4.90 Å². The summed E-state index contributed by atoms with van der Waals surface area (Å²) in [5.74, 6) is 1.50. The van der Waals surface area contributed by atoms with Crippen molar-refractivity contribution in [2.75, 3.05) is 25.4 Å². The molecule has 0 bridgehead atoms. The standard InChI is InChI=1S/C22H23FN4O2/c23-16-5-3-15(4-6-16)22(29)27-12-18-17(19(18)13-27)9-10-25-21(28)8-2-14-1-7-20(24)26-11-14/h1-8,11,17-19H,9-10,12-13H2,(H2,24,26)(H,25,28)/b8-2+. The first-order valence-electron chi connectivity index (χ1n) is 9.73. The van der Waals surface area contributed by atoms with E-state index in [-0.39, 0.29) is 17.6 Å². The van der Waals surface area contributed by atoms with Crippen LogP contribution in [-0.4, -0.2) is 41.3 Å². The smallest absolute Gasteiger partial charge is 0.253 e. The number of piperidine rings is 1. The number of nitrogens with one attached hydrogen (secondary N) is 1. The Balaban J connectivity index is 1.17. The Morgan fingerprint density at radius 2 is 1.90 bits per heavy atom. The van der Waals surface area contributed by atoms with Crippen LogP contribution in [0.25, 0.3) is 6.08 Å². The van der Waals surface area contributed by atoms with Gasteiger partial charge in [-0.05, 0) is 72.2 Å². The Labute approximate surface area is 168 Å². The number of nitrogen functional groups attached to an aromatic ring is 1. The highest BCUT2D eigenvalue weighted by Gasteiger charge is 2.55. The first-order chi connectivity index (χ1) is 14.0. The van der Waals surface area contributed by atoms with E-state index in [1.54, 1.807) is 24.4 Å². The highest BCUT2D eigenvalue weighted by Crippen LogP contribution is 2.53. The third-order valence-electron chi connectivity index (χ3n) is 5.76. The summed E-state index contributed by atoms with van der Waals surface area (Å²) in [5, 5.41) is 2.90. The van der Waals surface area contributed by atoms with Crippen molar-refractivity contribution in [2.45, 2.75) is 6.42 Å². The molecule has 2 aliphatic rings. The number of nitrogens with zero attached hydrogens (tertiary/aromatic N) is 2. The minimum atomic E-state index is -0.340. The molecule has 1 aliphatic heterocycles. The quantitative estimate of drug-likeness (QED) is 0.736. The van der Waals surface area contributed by atoms with E-state index >= 15 is 0 Å². The average molecular weight is 394 g/mol. The zero-order chi connectivity index (χ0) is 20.4. The van der Waals surface area contributed by atoms with Crippen molar-refractivity contribution in [1.29, 1.82) is 0 Å². The predicted octanol–water partition coefficient (Wildman–Crippen LogP) is 2.34. The van der Waals surface area contributed by atoms with E-state index in [0.717, 1.165) is 25.1 Å². The number of amides is 2. The van der Waals surface area contributed by atoms with Crippen molar-refractivity contribution in [1.82, 2.24) is 15.2 Å². The number of hydrogen-bond donors (Lipinski definition) is 2. The number of anilines is 1. The molecule has 3 N–H and O–H groups in total. The lowest BCUT2D eigenvalue weighted by atomic mass is 10.1. The molecule has 4 rings (SSSR count). The van der Waals surface area contributed by atoms with Crippen LogP contribution in [0.3, 0.4) is 0 Å². The Kier molecular flexibility index (Phi) is 5.29. The summed E-state index contributed by atoms with van der Waals surface area (Å²) in [6, 6.07) is 9.18. The van der Waals surface area contributed by atoms with Gasteiger partial charge < -0.3 is 16.0 Å². The molecule has 7 heteroatoms. The monoisotopic (exact) mass is 394 g/mol. The minimum Gasteiger partial charge on any atom is -0.384 e. The molecular formula is C22H23FN4O2. The summed E-state index contributed by atoms with van der Waals surface area (Å²) < 4.78 is 13.0. The molecule has 1 saturated carbocycles. The van der Waals surface area contributed by atoms with Crippen LogP contribution < -0.4 is 11.1 Å². The molecule has 0 radical (unpaired) electrons. The van der Waals surface area contributed by atoms with Crippen molar-refractivity contribution in [3.05, 3.63) is 65.6 Å². The molecule has 2 unspecified atom stereocenters. The zero-order valence-corrected chi connectivity index (χ0v) is 15.9. The largest absolute Gasteiger partial charge is 0.384 e. The first-order valence-corrected chi connectivity index (χ1v) is 9.73. The molecule has 29 heavy (non-hydrogen) atoms. The minimum absolute atomic E-state index is 0.0356. The zero-order valence-electron chi connectivity index (χ0n) is 15.9. The molecular weight excluding hydrogens is 371 g/mol. The van der Waals surface area contributed by atoms with Crippen LogP contribution in [0.5, 0.6) is 0 Å². The van der Waals surface area contributed by atoms with Crippen LogP contribution in [-0.2, 0) is 4.79 Å². The highest BCUT2D eigenvalue weighted by atomic mass is 19.1. The molecule has 150 valence electrons. The number of halogens is 1. The van der Waals surface area contributed by atoms with Gasteiger partial charge in [0.1, 0.15) is 11.6 Å². The van der Waals surface area contributed by atoms with Gasteiger partial charge in [-0.1, -0.05) is 0 Å². The van der Waals surface area contributed by atoms with Gasteiger partial charge in [0.15, 0.2) is 0 Å². The molecule has 1 saturated heterocycles. The lowest BCUT2D eigenvalue weighted by Gasteiger charge is -2.20. The maximum atomic E-state index is 13.0. The molecule has 1 aromatic heterocycles. The summed E-state index contributed by atoms with van der Waals surface area (Å²) in [6.07, 6.45) is 5.72. The summed E-state index contributed by atoms with van der Waals surface area (Å²) in [5.41, 5.74) is 6.88. The molecule has 2 amide bonds. The van der Waals surface area contributed by atoms with E-state index in [2.05, 4.69) is 10.3 Å². The van der Waals surface area contributed by atoms with E-state index < -0.39 is 0 Å². The van der Waals surface area contributed by atoms with Gasteiger partial charge in [-0.25, -0.2) is 9.37 Å². The van der Waals surface area contributed by atoms with Gasteiger partial charge >= 0.3 is 0 Å². The summed E-state index contributed by atoms with van der Waals surface area (Å²) in [7, 11) is 0. The van der Waals surface area contributed by atoms with E-state index in [0.29, 0.717) is 35.7 Å². The number of benzene rings is 1. The van der Waals surface area contributed by atoms with Crippen LogP contribution in [0.1, 0.15) is 22.3 Å². The molecule has 6 nitrogen and oxygen atoms in total. The summed E-state index contributed by atoms with van der Waals surface area (Å²) >= 11 is 0. The van der Waals surface area contributed by atoms with Gasteiger partial charge in [-0.3, -0.25) is 9.59 Å². The fourth-order valence-electron chi connectivity index (χ4n) is 4.13. The number of fused-ring (bicyclic) bond motifs is 1. The van der Waals surface area contributed by atoms with Gasteiger partial charge in [-0.2, -0.15) is 0 Å². The van der Waals surface area contributed by atoms with Gasteiger partial charge in [0.2, 0.25) is 5.91 Å². The number of hydrogen-bond acceptors (Lipinski definition) is 4. The molecule has 2 fully saturated rings. The van der Waals surface area contributed by atoms with Crippen LogP contribution in [0.4, 0.5) is 10.2 Å². The summed E-state index contributed by atoms with van der Waals surface area (Å²) in [4.78, 5) is 30.2. The number of carbonyl (C=O) groups excluding carboxylic acids is 2. The van der Waals surface area contributed by atoms with Crippen molar-refractivity contribution in [3.63, 3.8) is 0 Å². The number of carbonyl (C=O) groups is 2. The average Bonchev–Trinajstić information content (AvgIpc) is 3.16. The topological polar surface area (TPSA) is 88.3 Å². The lowest BCUT2D eigenvalue weighted by Crippen LogP contribution is -2.32. The highest BCUT2D eigenvalue weighted by molar-refractivity contribution is 5.94. The van der Waals surface area contributed by atoms with Gasteiger partial charge in [0.25, 0.3) is 5.91 Å². The number of aromatic nitrogens is 1. The fraction of sp³-hybridized carbons (Fsp3) is 0.318. The SMILES string of the molecule is Nc1ccc(/C=C/C(=O)NCCC2C3CN(C(=O)c4ccc(F)cc4)CC23)cn1. The molecule has 2 atom stereocenters. The van der Waals surface area contributed by atoms with Gasteiger partial charge in [0.05, 0.1) is 0 Å². The van der Waals surface area contributed by atoms with Crippen LogP contribution in [0, 0.1) is 23.6 Å². The van der Waals surface area contributed by atoms with E-state index in [1.165, 1.54) is 30.3 Å². The van der Waals surface area contributed by atoms with Crippen molar-refractivity contribution in [2.24, 2.45) is 17.8 Å². The van der Waals surface area contributed by atoms with Gasteiger partial charge in [0, 0.05) is 37.5 Å². The Bertz CT molecular complexity index is 915. The molecule has 0 spiro atoms. The second-order valence-electron chi connectivity index (χ2n) is 7.64. The molecule has 1 aliphatic carbocycles. The molecule has 2 aromatic rings.